The first-order chi connectivity index (χ1) is 12.2. The number of carbonyl (C=O) groups is 1. The number of hydrogen-bond donors (Lipinski definition) is 1. The zero-order chi connectivity index (χ0) is 17.5. The van der Waals surface area contributed by atoms with Crippen molar-refractivity contribution in [2.24, 2.45) is 0 Å². The minimum Gasteiger partial charge on any atom is -0.494 e. The molecule has 2 aromatic rings. The number of hydrogen-bond acceptors (Lipinski definition) is 4. The Hall–Kier alpha value is -2.69. The maximum Gasteiger partial charge on any atom is 0.303 e. The van der Waals surface area contributed by atoms with Gasteiger partial charge in [0.1, 0.15) is 5.75 Å². The normalized spacial score (nSPS) is 14.4. The molecule has 0 saturated carbocycles. The van der Waals surface area contributed by atoms with Gasteiger partial charge in [-0.25, -0.2) is 0 Å². The highest BCUT2D eigenvalue weighted by Crippen LogP contribution is 2.23. The zero-order valence-corrected chi connectivity index (χ0v) is 14.3. The van der Waals surface area contributed by atoms with E-state index in [2.05, 4.69) is 46.2 Å². The third-order valence-corrected chi connectivity index (χ3v) is 4.41. The molecule has 0 amide bonds. The van der Waals surface area contributed by atoms with Crippen molar-refractivity contribution in [2.45, 2.75) is 12.8 Å². The van der Waals surface area contributed by atoms with Gasteiger partial charge in [-0.3, -0.25) is 4.79 Å². The molecule has 0 aromatic heterocycles. The van der Waals surface area contributed by atoms with Crippen LogP contribution < -0.4 is 14.5 Å². The highest BCUT2D eigenvalue weighted by atomic mass is 16.5. The Balaban J connectivity index is 1.48. The first-order valence-electron chi connectivity index (χ1n) is 8.72. The van der Waals surface area contributed by atoms with Crippen molar-refractivity contribution in [3.63, 3.8) is 0 Å². The van der Waals surface area contributed by atoms with Gasteiger partial charge >= 0.3 is 5.97 Å². The van der Waals surface area contributed by atoms with Crippen molar-refractivity contribution >= 4 is 17.3 Å². The molecule has 0 bridgehead atoms. The summed E-state index contributed by atoms with van der Waals surface area (Å²) in [4.78, 5) is 15.3. The number of aliphatic carboxylic acids is 1. The van der Waals surface area contributed by atoms with E-state index in [1.54, 1.807) is 0 Å². The van der Waals surface area contributed by atoms with E-state index in [0.717, 1.165) is 31.9 Å². The molecule has 0 aliphatic carbocycles. The summed E-state index contributed by atoms with van der Waals surface area (Å²) in [5, 5.41) is 8.62. The first kappa shape index (κ1) is 17.1. The predicted molar refractivity (Wildman–Crippen MR) is 99.7 cm³/mol. The van der Waals surface area contributed by atoms with Crippen LogP contribution in [0.2, 0.25) is 0 Å². The van der Waals surface area contributed by atoms with Crippen LogP contribution in [0.1, 0.15) is 12.8 Å². The molecule has 1 fully saturated rings. The maximum absolute atomic E-state index is 10.5. The molecule has 1 aliphatic rings. The van der Waals surface area contributed by atoms with Crippen molar-refractivity contribution in [3.05, 3.63) is 54.6 Å². The number of benzene rings is 2. The monoisotopic (exact) mass is 340 g/mol. The fourth-order valence-electron chi connectivity index (χ4n) is 3.03. The smallest absolute Gasteiger partial charge is 0.303 e. The zero-order valence-electron chi connectivity index (χ0n) is 14.3. The largest absolute Gasteiger partial charge is 0.494 e. The lowest BCUT2D eigenvalue weighted by Gasteiger charge is -2.37. The van der Waals surface area contributed by atoms with Crippen molar-refractivity contribution in [1.82, 2.24) is 0 Å². The van der Waals surface area contributed by atoms with Gasteiger partial charge < -0.3 is 19.6 Å². The van der Waals surface area contributed by atoms with Gasteiger partial charge in [-0.2, -0.15) is 0 Å². The summed E-state index contributed by atoms with van der Waals surface area (Å²) in [7, 11) is 0. The quantitative estimate of drug-likeness (QED) is 0.784. The molecular weight excluding hydrogens is 316 g/mol. The van der Waals surface area contributed by atoms with Gasteiger partial charge in [-0.1, -0.05) is 18.2 Å². The van der Waals surface area contributed by atoms with E-state index in [4.69, 9.17) is 9.84 Å². The number of carboxylic acids is 1. The van der Waals surface area contributed by atoms with Gasteiger partial charge in [-0.05, 0) is 42.8 Å². The maximum atomic E-state index is 10.5. The minimum absolute atomic E-state index is 0.143. The second-order valence-corrected chi connectivity index (χ2v) is 6.15. The molecule has 0 spiro atoms. The molecule has 1 aliphatic heterocycles. The fourth-order valence-corrected chi connectivity index (χ4v) is 3.03. The predicted octanol–water partition coefficient (Wildman–Crippen LogP) is 3.26. The molecular formula is C20H24N2O3. The summed E-state index contributed by atoms with van der Waals surface area (Å²) in [5.74, 6) is 0.00523. The van der Waals surface area contributed by atoms with E-state index in [0.29, 0.717) is 13.0 Å². The van der Waals surface area contributed by atoms with E-state index in [1.807, 2.05) is 18.2 Å². The van der Waals surface area contributed by atoms with Crippen LogP contribution in [0.15, 0.2) is 54.6 Å². The number of ether oxygens (including phenoxy) is 1. The molecule has 0 atom stereocenters. The summed E-state index contributed by atoms with van der Waals surface area (Å²) in [6.07, 6.45) is 0.669. The Morgan fingerprint density at radius 2 is 1.44 bits per heavy atom. The summed E-state index contributed by atoms with van der Waals surface area (Å²) in [6.45, 7) is 4.44. The van der Waals surface area contributed by atoms with Gasteiger partial charge in [0, 0.05) is 44.0 Å². The van der Waals surface area contributed by atoms with Crippen molar-refractivity contribution in [1.29, 1.82) is 0 Å². The Kier molecular flexibility index (Phi) is 5.77. The summed E-state index contributed by atoms with van der Waals surface area (Å²) in [6, 6.07) is 18.6. The molecule has 1 heterocycles. The van der Waals surface area contributed by atoms with Gasteiger partial charge in [0.05, 0.1) is 6.61 Å². The van der Waals surface area contributed by atoms with Gasteiger partial charge in [-0.15, -0.1) is 0 Å². The SMILES string of the molecule is O=C(O)CCCOc1ccc(N2CCN(c3ccccc3)CC2)cc1. The molecule has 5 nitrogen and oxygen atoms in total. The molecule has 1 saturated heterocycles. The number of carboxylic acid groups (broad SMARTS) is 1. The van der Waals surface area contributed by atoms with Gasteiger partial charge in [0.15, 0.2) is 0 Å². The fraction of sp³-hybridized carbons (Fsp3) is 0.350. The molecule has 0 unspecified atom stereocenters. The van der Waals surface area contributed by atoms with Gasteiger partial charge in [0.25, 0.3) is 0 Å². The van der Waals surface area contributed by atoms with Crippen molar-refractivity contribution in [2.75, 3.05) is 42.6 Å². The second-order valence-electron chi connectivity index (χ2n) is 6.15. The Labute approximate surface area is 148 Å². The van der Waals surface area contributed by atoms with Crippen LogP contribution in [-0.4, -0.2) is 43.9 Å². The lowest BCUT2D eigenvalue weighted by molar-refractivity contribution is -0.137. The van der Waals surface area contributed by atoms with E-state index >= 15 is 0 Å². The highest BCUT2D eigenvalue weighted by molar-refractivity contribution is 5.66. The summed E-state index contributed by atoms with van der Waals surface area (Å²) < 4.78 is 5.58. The van der Waals surface area contributed by atoms with E-state index in [9.17, 15) is 4.79 Å². The van der Waals surface area contributed by atoms with Crippen LogP contribution in [0.4, 0.5) is 11.4 Å². The second kappa shape index (κ2) is 8.42. The van der Waals surface area contributed by atoms with Crippen LogP contribution in [0.3, 0.4) is 0 Å². The molecule has 132 valence electrons. The lowest BCUT2D eigenvalue weighted by atomic mass is 10.2. The Morgan fingerprint density at radius 3 is 2.00 bits per heavy atom. The molecule has 25 heavy (non-hydrogen) atoms. The van der Waals surface area contributed by atoms with Crippen molar-refractivity contribution < 1.29 is 14.6 Å². The lowest BCUT2D eigenvalue weighted by Crippen LogP contribution is -2.46. The number of piperazine rings is 1. The molecule has 2 aromatic carbocycles. The molecule has 0 radical (unpaired) electrons. The van der Waals surface area contributed by atoms with Crippen LogP contribution in [0.5, 0.6) is 5.75 Å². The average Bonchev–Trinajstić information content (AvgIpc) is 2.66. The summed E-state index contributed by atoms with van der Waals surface area (Å²) >= 11 is 0. The van der Waals surface area contributed by atoms with Crippen molar-refractivity contribution in [3.8, 4) is 5.75 Å². The minimum atomic E-state index is -0.784. The third-order valence-electron chi connectivity index (χ3n) is 4.41. The van der Waals surface area contributed by atoms with E-state index in [1.165, 1.54) is 11.4 Å². The number of anilines is 2. The average molecular weight is 340 g/mol. The third kappa shape index (κ3) is 4.89. The topological polar surface area (TPSA) is 53.0 Å². The standard InChI is InChI=1S/C20H24N2O3/c23-20(24)7-4-16-25-19-10-8-18(9-11-19)22-14-12-21(13-15-22)17-5-2-1-3-6-17/h1-3,5-6,8-11H,4,7,12-16H2,(H,23,24). The Bertz CT molecular complexity index is 665. The first-order valence-corrected chi connectivity index (χ1v) is 8.72. The van der Waals surface area contributed by atoms with Crippen LogP contribution >= 0.6 is 0 Å². The number of para-hydroxylation sites is 1. The number of rotatable bonds is 7. The molecule has 3 rings (SSSR count). The van der Waals surface area contributed by atoms with Crippen LogP contribution in [0.25, 0.3) is 0 Å². The number of nitrogens with zero attached hydrogens (tertiary/aromatic N) is 2. The van der Waals surface area contributed by atoms with Gasteiger partial charge in [0.2, 0.25) is 0 Å². The van der Waals surface area contributed by atoms with E-state index < -0.39 is 5.97 Å². The van der Waals surface area contributed by atoms with Crippen LogP contribution in [-0.2, 0) is 4.79 Å². The summed E-state index contributed by atoms with van der Waals surface area (Å²) in [5.41, 5.74) is 2.48. The van der Waals surface area contributed by atoms with Crippen LogP contribution in [0, 0.1) is 0 Å². The highest BCUT2D eigenvalue weighted by Gasteiger charge is 2.17. The molecule has 5 heteroatoms. The molecule has 1 N–H and O–H groups in total. The van der Waals surface area contributed by atoms with E-state index in [-0.39, 0.29) is 6.42 Å². The Morgan fingerprint density at radius 1 is 0.880 bits per heavy atom.